The van der Waals surface area contributed by atoms with Gasteiger partial charge in [-0.05, 0) is 29.8 Å². The number of rotatable bonds is 4. The average molecular weight is 286 g/mol. The van der Waals surface area contributed by atoms with Crippen LogP contribution in [-0.4, -0.2) is 19.8 Å². The summed E-state index contributed by atoms with van der Waals surface area (Å²) < 4.78 is 14.7. The lowest BCUT2D eigenvalue weighted by Crippen LogP contribution is -2.11. The summed E-state index contributed by atoms with van der Waals surface area (Å²) in [4.78, 5) is 4.33. The van der Waals surface area contributed by atoms with E-state index in [0.717, 1.165) is 11.0 Å². The van der Waals surface area contributed by atoms with Crippen molar-refractivity contribution in [1.82, 2.24) is 9.55 Å². The van der Waals surface area contributed by atoms with Gasteiger partial charge in [0.05, 0.1) is 23.7 Å². The van der Waals surface area contributed by atoms with Crippen LogP contribution in [0.2, 0.25) is 0 Å². The third-order valence-corrected chi connectivity index (χ3v) is 3.49. The van der Waals surface area contributed by atoms with Crippen LogP contribution < -0.4 is 0 Å². The predicted molar refractivity (Wildman–Crippen MR) is 77.0 cm³/mol. The molecule has 0 bridgehead atoms. The Morgan fingerprint density at radius 1 is 1.10 bits per heavy atom. The van der Waals surface area contributed by atoms with Gasteiger partial charge in [0.1, 0.15) is 18.2 Å². The number of para-hydroxylation sites is 2. The molecule has 1 heterocycles. The quantitative estimate of drug-likeness (QED) is 0.774. The Balaban J connectivity index is 1.95. The van der Waals surface area contributed by atoms with Crippen LogP contribution in [-0.2, 0) is 13.2 Å². The molecule has 0 fully saturated rings. The topological polar surface area (TPSA) is 58.3 Å². The summed E-state index contributed by atoms with van der Waals surface area (Å²) in [5.74, 6) is 0.160. The van der Waals surface area contributed by atoms with Crippen molar-refractivity contribution in [3.63, 3.8) is 0 Å². The summed E-state index contributed by atoms with van der Waals surface area (Å²) in [7, 11) is 0. The molecule has 0 saturated heterocycles. The zero-order valence-electron chi connectivity index (χ0n) is 11.3. The summed E-state index contributed by atoms with van der Waals surface area (Å²) in [5.41, 5.74) is 2.24. The minimum absolute atomic E-state index is 0.204. The van der Waals surface area contributed by atoms with E-state index in [2.05, 4.69) is 4.98 Å². The second-order valence-corrected chi connectivity index (χ2v) is 4.85. The van der Waals surface area contributed by atoms with Crippen molar-refractivity contribution in [2.45, 2.75) is 19.3 Å². The van der Waals surface area contributed by atoms with E-state index in [1.165, 1.54) is 12.1 Å². The van der Waals surface area contributed by atoms with Crippen molar-refractivity contribution in [3.8, 4) is 0 Å². The Hall–Kier alpha value is -2.24. The van der Waals surface area contributed by atoms with E-state index in [-0.39, 0.29) is 19.0 Å². The van der Waals surface area contributed by atoms with Crippen molar-refractivity contribution in [1.29, 1.82) is 0 Å². The van der Waals surface area contributed by atoms with Gasteiger partial charge < -0.3 is 14.8 Å². The number of nitrogens with zero attached hydrogens (tertiary/aromatic N) is 2. The highest BCUT2D eigenvalue weighted by Crippen LogP contribution is 2.21. The molecular weight excluding hydrogens is 271 g/mol. The number of aromatic nitrogens is 2. The van der Waals surface area contributed by atoms with Gasteiger partial charge in [0.15, 0.2) is 0 Å². The van der Waals surface area contributed by atoms with Crippen LogP contribution in [0.25, 0.3) is 11.0 Å². The number of halogens is 1. The molecule has 2 N–H and O–H groups in total. The third kappa shape index (κ3) is 2.66. The Morgan fingerprint density at radius 2 is 1.81 bits per heavy atom. The van der Waals surface area contributed by atoms with Crippen molar-refractivity contribution >= 4 is 11.0 Å². The molecule has 0 amide bonds. The lowest BCUT2D eigenvalue weighted by atomic mass is 10.1. The van der Waals surface area contributed by atoms with Gasteiger partial charge in [-0.25, -0.2) is 9.37 Å². The van der Waals surface area contributed by atoms with Crippen LogP contribution in [0.3, 0.4) is 0 Å². The third-order valence-electron chi connectivity index (χ3n) is 3.49. The van der Waals surface area contributed by atoms with Crippen LogP contribution in [0.15, 0.2) is 48.5 Å². The van der Waals surface area contributed by atoms with Crippen molar-refractivity contribution in [3.05, 3.63) is 65.7 Å². The number of hydrogen-bond acceptors (Lipinski definition) is 3. The fraction of sp³-hybridized carbons (Fsp3) is 0.188. The summed E-state index contributed by atoms with van der Waals surface area (Å²) in [6.45, 7) is 0.0485. The van der Waals surface area contributed by atoms with Gasteiger partial charge in [0.2, 0.25) is 0 Å². The van der Waals surface area contributed by atoms with E-state index in [1.807, 2.05) is 24.3 Å². The van der Waals surface area contributed by atoms with Gasteiger partial charge in [-0.1, -0.05) is 24.3 Å². The molecule has 0 aliphatic heterocycles. The second-order valence-electron chi connectivity index (χ2n) is 4.85. The Kier molecular flexibility index (Phi) is 3.68. The van der Waals surface area contributed by atoms with Gasteiger partial charge in [-0.2, -0.15) is 0 Å². The minimum atomic E-state index is -0.798. The fourth-order valence-electron chi connectivity index (χ4n) is 2.41. The van der Waals surface area contributed by atoms with E-state index < -0.39 is 6.10 Å². The molecule has 108 valence electrons. The number of benzene rings is 2. The molecule has 3 rings (SSSR count). The van der Waals surface area contributed by atoms with Gasteiger partial charge in [0, 0.05) is 0 Å². The molecule has 0 radical (unpaired) electrons. The monoisotopic (exact) mass is 286 g/mol. The molecule has 0 saturated carbocycles. The zero-order valence-corrected chi connectivity index (χ0v) is 11.3. The van der Waals surface area contributed by atoms with E-state index in [0.29, 0.717) is 11.4 Å². The second kappa shape index (κ2) is 5.63. The van der Waals surface area contributed by atoms with Gasteiger partial charge in [0.25, 0.3) is 0 Å². The van der Waals surface area contributed by atoms with E-state index in [1.54, 1.807) is 16.7 Å². The molecule has 0 spiro atoms. The molecule has 4 nitrogen and oxygen atoms in total. The average Bonchev–Trinajstić information content (AvgIpc) is 2.86. The smallest absolute Gasteiger partial charge is 0.135 e. The van der Waals surface area contributed by atoms with Gasteiger partial charge in [-0.3, -0.25) is 0 Å². The lowest BCUT2D eigenvalue weighted by Gasteiger charge is -2.14. The molecule has 5 heteroatoms. The van der Waals surface area contributed by atoms with Crippen LogP contribution in [0.5, 0.6) is 0 Å². The zero-order chi connectivity index (χ0) is 14.8. The van der Waals surface area contributed by atoms with Crippen molar-refractivity contribution in [2.75, 3.05) is 0 Å². The maximum atomic E-state index is 12.9. The van der Waals surface area contributed by atoms with E-state index in [4.69, 9.17) is 0 Å². The summed E-state index contributed by atoms with van der Waals surface area (Å²) in [5, 5.41) is 19.7. The molecule has 0 aliphatic carbocycles. The molecule has 0 aliphatic rings. The number of fused-ring (bicyclic) bond motifs is 1. The first-order chi connectivity index (χ1) is 10.2. The van der Waals surface area contributed by atoms with Crippen LogP contribution in [0.1, 0.15) is 17.5 Å². The molecule has 1 aromatic heterocycles. The van der Waals surface area contributed by atoms with Gasteiger partial charge >= 0.3 is 0 Å². The van der Waals surface area contributed by atoms with Crippen LogP contribution in [0, 0.1) is 5.82 Å². The highest BCUT2D eigenvalue weighted by molar-refractivity contribution is 5.75. The first kappa shape index (κ1) is 13.7. The molecule has 0 unspecified atom stereocenters. The normalized spacial score (nSPS) is 12.7. The highest BCUT2D eigenvalue weighted by Gasteiger charge is 2.14. The Labute approximate surface area is 121 Å². The van der Waals surface area contributed by atoms with E-state index in [9.17, 15) is 14.6 Å². The standard InChI is InChI=1S/C16H15FN2O2/c17-12-7-5-11(6-8-12)15(21)9-19-14-4-2-1-3-13(14)18-16(19)10-20/h1-8,15,20-21H,9-10H2/t15-/m0/s1. The first-order valence-corrected chi connectivity index (χ1v) is 6.67. The van der Waals surface area contributed by atoms with Crippen molar-refractivity contribution < 1.29 is 14.6 Å². The maximum absolute atomic E-state index is 12.9. The maximum Gasteiger partial charge on any atom is 0.135 e. The molecule has 1 atom stereocenters. The van der Waals surface area contributed by atoms with E-state index >= 15 is 0 Å². The number of imidazole rings is 1. The minimum Gasteiger partial charge on any atom is -0.388 e. The fourth-order valence-corrected chi connectivity index (χ4v) is 2.41. The largest absolute Gasteiger partial charge is 0.388 e. The van der Waals surface area contributed by atoms with Crippen LogP contribution in [0.4, 0.5) is 4.39 Å². The molecule has 2 aromatic carbocycles. The van der Waals surface area contributed by atoms with Crippen LogP contribution >= 0.6 is 0 Å². The molecule has 21 heavy (non-hydrogen) atoms. The Morgan fingerprint density at radius 3 is 2.52 bits per heavy atom. The lowest BCUT2D eigenvalue weighted by molar-refractivity contribution is 0.153. The summed E-state index contributed by atoms with van der Waals surface area (Å²) >= 11 is 0. The number of hydrogen-bond donors (Lipinski definition) is 2. The SMILES string of the molecule is OCc1nc2ccccc2n1C[C@H](O)c1ccc(F)cc1. The number of aliphatic hydroxyl groups is 2. The summed E-state index contributed by atoms with van der Waals surface area (Å²) in [6.07, 6.45) is -0.798. The van der Waals surface area contributed by atoms with Crippen molar-refractivity contribution in [2.24, 2.45) is 0 Å². The predicted octanol–water partition coefficient (Wildman–Crippen LogP) is 2.40. The van der Waals surface area contributed by atoms with Gasteiger partial charge in [-0.15, -0.1) is 0 Å². The first-order valence-electron chi connectivity index (χ1n) is 6.67. The number of aliphatic hydroxyl groups excluding tert-OH is 2. The Bertz CT molecular complexity index is 753. The highest BCUT2D eigenvalue weighted by atomic mass is 19.1. The molecule has 3 aromatic rings. The summed E-state index contributed by atoms with van der Waals surface area (Å²) in [6, 6.07) is 13.2. The molecular formula is C16H15FN2O2.